The monoisotopic (exact) mass is 585 g/mol. The van der Waals surface area contributed by atoms with E-state index >= 15 is 0 Å². The Kier molecular flexibility index (Phi) is 9.57. The first-order chi connectivity index (χ1) is 20.2. The predicted molar refractivity (Wildman–Crippen MR) is 153 cm³/mol. The summed E-state index contributed by atoms with van der Waals surface area (Å²) in [4.78, 5) is 38.3. The van der Waals surface area contributed by atoms with E-state index in [0.717, 1.165) is 24.2 Å². The van der Waals surface area contributed by atoms with E-state index in [1.165, 1.54) is 17.0 Å². The van der Waals surface area contributed by atoms with Gasteiger partial charge >= 0.3 is 6.09 Å². The molecule has 2 aromatic rings. The third-order valence-electron chi connectivity index (χ3n) is 8.21. The summed E-state index contributed by atoms with van der Waals surface area (Å²) in [6.45, 7) is 8.11. The number of carbonyl (C=O) groups is 2. The molecule has 4 atom stereocenters. The van der Waals surface area contributed by atoms with Crippen LogP contribution in [0.2, 0.25) is 0 Å². The van der Waals surface area contributed by atoms with Crippen LogP contribution in [0.25, 0.3) is 0 Å². The van der Waals surface area contributed by atoms with E-state index in [0.29, 0.717) is 44.2 Å². The second-order valence-electron chi connectivity index (χ2n) is 11.5. The highest BCUT2D eigenvalue weighted by Crippen LogP contribution is 2.34. The number of benzene rings is 1. The van der Waals surface area contributed by atoms with Crippen molar-refractivity contribution in [2.24, 2.45) is 0 Å². The lowest BCUT2D eigenvalue weighted by molar-refractivity contribution is -0.123. The first kappa shape index (κ1) is 30.1. The molecule has 3 aliphatic heterocycles. The number of morpholine rings is 1. The highest BCUT2D eigenvalue weighted by Gasteiger charge is 2.39. The number of ether oxygens (including phenoxy) is 3. The van der Waals surface area contributed by atoms with E-state index < -0.39 is 6.09 Å². The summed E-state index contributed by atoms with van der Waals surface area (Å²) in [6.07, 6.45) is 1.39. The molecular formula is C30H40FN5O6. The van der Waals surface area contributed by atoms with Crippen LogP contribution < -0.4 is 9.64 Å². The molecule has 2 saturated heterocycles. The molecule has 1 aromatic carbocycles. The van der Waals surface area contributed by atoms with Crippen molar-refractivity contribution in [1.82, 2.24) is 19.7 Å². The van der Waals surface area contributed by atoms with Crippen molar-refractivity contribution in [1.29, 1.82) is 0 Å². The number of amides is 2. The summed E-state index contributed by atoms with van der Waals surface area (Å²) >= 11 is 0. The lowest BCUT2D eigenvalue weighted by Gasteiger charge is -2.47. The Hall–Kier alpha value is -3.32. The largest absolute Gasteiger partial charge is 0.474 e. The van der Waals surface area contributed by atoms with Gasteiger partial charge in [-0.25, -0.2) is 14.2 Å². The van der Waals surface area contributed by atoms with Gasteiger partial charge in [-0.05, 0) is 49.6 Å². The van der Waals surface area contributed by atoms with E-state index in [1.807, 2.05) is 19.9 Å². The summed E-state index contributed by atoms with van der Waals surface area (Å²) in [5.74, 6) is -0.0463. The third kappa shape index (κ3) is 7.00. The lowest BCUT2D eigenvalue weighted by Crippen LogP contribution is -2.64. The fraction of sp³-hybridized carbons (Fsp3) is 0.567. The summed E-state index contributed by atoms with van der Waals surface area (Å²) in [5, 5.41) is 9.84. The number of nitrogens with zero attached hydrogens (tertiary/aromatic N) is 5. The number of carboxylic acid groups (broad SMARTS) is 1. The van der Waals surface area contributed by atoms with Crippen molar-refractivity contribution < 1.29 is 33.3 Å². The Balaban J connectivity index is 1.39. The van der Waals surface area contributed by atoms with Gasteiger partial charge in [0.2, 0.25) is 11.8 Å². The zero-order valence-corrected chi connectivity index (χ0v) is 24.4. The Bertz CT molecular complexity index is 1250. The Morgan fingerprint density at radius 3 is 2.62 bits per heavy atom. The van der Waals surface area contributed by atoms with Crippen molar-refractivity contribution in [3.05, 3.63) is 53.5 Å². The number of aromatic nitrogens is 1. The van der Waals surface area contributed by atoms with Gasteiger partial charge in [-0.1, -0.05) is 12.1 Å². The van der Waals surface area contributed by atoms with Crippen LogP contribution in [0.3, 0.4) is 0 Å². The second kappa shape index (κ2) is 13.3. The van der Waals surface area contributed by atoms with E-state index in [4.69, 9.17) is 14.2 Å². The molecule has 5 rings (SSSR count). The molecule has 0 aliphatic carbocycles. The van der Waals surface area contributed by atoms with Crippen molar-refractivity contribution in [3.8, 4) is 5.88 Å². The topological polar surface area (TPSA) is 108 Å². The van der Waals surface area contributed by atoms with Gasteiger partial charge in [-0.3, -0.25) is 19.5 Å². The zero-order chi connectivity index (χ0) is 29.8. The van der Waals surface area contributed by atoms with Gasteiger partial charge in [-0.2, -0.15) is 0 Å². The maximum atomic E-state index is 14.2. The average molecular weight is 586 g/mol. The maximum Gasteiger partial charge on any atom is 0.407 e. The van der Waals surface area contributed by atoms with Crippen molar-refractivity contribution >= 4 is 17.7 Å². The number of hydrogen-bond acceptors (Lipinski definition) is 8. The molecule has 1 aromatic heterocycles. The number of hydrogen-bond donors (Lipinski definition) is 1. The van der Waals surface area contributed by atoms with Crippen LogP contribution in [0.1, 0.15) is 25.0 Å². The van der Waals surface area contributed by atoms with Crippen molar-refractivity contribution in [3.63, 3.8) is 0 Å². The van der Waals surface area contributed by atoms with Gasteiger partial charge in [0.05, 0.1) is 31.9 Å². The normalized spacial score (nSPS) is 25.1. The standard InChI is InChI=1S/C30H40FN5O6/c1-20-13-34(25(16-35(20)30(38)39)15-33-8-9-41-21(2)14-33)17-28(37)36-26(18-40-3)19-42-29-27(36)11-23(12-32-29)10-22-4-6-24(31)7-5-22/h4-7,11-12,20-21,25-26H,8-10,13-19H2,1-3H3,(H,38,39)/t20-,21-,25+,26+/m1/s1. The van der Waals surface area contributed by atoms with Gasteiger partial charge in [0.25, 0.3) is 0 Å². The number of halogens is 1. The smallest absolute Gasteiger partial charge is 0.407 e. The van der Waals surface area contributed by atoms with Gasteiger partial charge in [0, 0.05) is 58.1 Å². The summed E-state index contributed by atoms with van der Waals surface area (Å²) < 4.78 is 30.5. The van der Waals surface area contributed by atoms with Crippen LogP contribution in [-0.2, 0) is 20.7 Å². The minimum absolute atomic E-state index is 0.100. The number of rotatable bonds is 8. The number of pyridine rings is 1. The molecule has 1 N–H and O–H groups in total. The first-order valence-electron chi connectivity index (χ1n) is 14.5. The molecule has 0 saturated carbocycles. The molecule has 4 heterocycles. The lowest BCUT2D eigenvalue weighted by atomic mass is 10.0. The van der Waals surface area contributed by atoms with Gasteiger partial charge in [0.15, 0.2) is 0 Å². The fourth-order valence-electron chi connectivity index (χ4n) is 6.15. The van der Waals surface area contributed by atoms with Gasteiger partial charge < -0.3 is 24.2 Å². The third-order valence-corrected chi connectivity index (χ3v) is 8.21. The number of piperazine rings is 1. The molecule has 3 aliphatic rings. The Morgan fingerprint density at radius 2 is 1.90 bits per heavy atom. The Morgan fingerprint density at radius 1 is 1.12 bits per heavy atom. The summed E-state index contributed by atoms with van der Waals surface area (Å²) in [6, 6.07) is 7.45. The van der Waals surface area contributed by atoms with Crippen LogP contribution in [0, 0.1) is 5.82 Å². The number of carbonyl (C=O) groups excluding carboxylic acids is 1. The molecule has 228 valence electrons. The highest BCUT2D eigenvalue weighted by molar-refractivity contribution is 5.97. The highest BCUT2D eigenvalue weighted by atomic mass is 19.1. The summed E-state index contributed by atoms with van der Waals surface area (Å²) in [7, 11) is 1.59. The minimum atomic E-state index is -0.948. The fourth-order valence-corrected chi connectivity index (χ4v) is 6.15. The Labute approximate surface area is 245 Å². The van der Waals surface area contributed by atoms with Crippen LogP contribution in [0.4, 0.5) is 14.9 Å². The molecule has 0 bridgehead atoms. The van der Waals surface area contributed by atoms with Gasteiger partial charge in [-0.15, -0.1) is 0 Å². The SMILES string of the molecule is COC[C@H]1COc2ncc(Cc3ccc(F)cc3)cc2N1C(=O)CN1C[C@@H](C)N(C(=O)O)C[C@@H]1CN1CCO[C@H](C)C1. The molecule has 42 heavy (non-hydrogen) atoms. The van der Waals surface area contributed by atoms with Gasteiger partial charge in [0.1, 0.15) is 18.1 Å². The molecule has 2 fully saturated rings. The molecule has 12 heteroatoms. The summed E-state index contributed by atoms with van der Waals surface area (Å²) in [5.41, 5.74) is 2.36. The maximum absolute atomic E-state index is 14.2. The number of anilines is 1. The van der Waals surface area contributed by atoms with E-state index in [2.05, 4.69) is 14.8 Å². The number of fused-ring (bicyclic) bond motifs is 1. The molecule has 0 unspecified atom stereocenters. The quantitative estimate of drug-likeness (QED) is 0.500. The predicted octanol–water partition coefficient (Wildman–Crippen LogP) is 2.33. The molecule has 2 amide bonds. The van der Waals surface area contributed by atoms with Crippen molar-refractivity contribution in [2.75, 3.05) is 71.1 Å². The minimum Gasteiger partial charge on any atom is -0.474 e. The van der Waals surface area contributed by atoms with E-state index in [-0.39, 0.29) is 55.7 Å². The van der Waals surface area contributed by atoms with E-state index in [9.17, 15) is 19.1 Å². The molecular weight excluding hydrogens is 545 g/mol. The molecule has 11 nitrogen and oxygen atoms in total. The molecule has 0 radical (unpaired) electrons. The van der Waals surface area contributed by atoms with E-state index in [1.54, 1.807) is 30.3 Å². The van der Waals surface area contributed by atoms with Crippen molar-refractivity contribution in [2.45, 2.75) is 44.5 Å². The molecule has 0 spiro atoms. The first-order valence-corrected chi connectivity index (χ1v) is 14.5. The second-order valence-corrected chi connectivity index (χ2v) is 11.5. The van der Waals surface area contributed by atoms with Crippen LogP contribution in [-0.4, -0.2) is 127 Å². The van der Waals surface area contributed by atoms with Crippen LogP contribution in [0.5, 0.6) is 5.88 Å². The zero-order valence-electron chi connectivity index (χ0n) is 24.4. The average Bonchev–Trinajstić information content (AvgIpc) is 2.95. The van der Waals surface area contributed by atoms with Crippen LogP contribution >= 0.6 is 0 Å². The van der Waals surface area contributed by atoms with Crippen LogP contribution in [0.15, 0.2) is 36.5 Å². The number of methoxy groups -OCH3 is 1.